The molecule has 0 radical (unpaired) electrons. The van der Waals surface area contributed by atoms with Crippen LogP contribution in [0.1, 0.15) is 52.7 Å². The number of rotatable bonds is 2. The molecule has 0 atom stereocenters. The first-order chi connectivity index (χ1) is 32.5. The first kappa shape index (κ1) is 37.2. The van der Waals surface area contributed by atoms with Gasteiger partial charge in [0.1, 0.15) is 11.0 Å². The second-order valence-corrected chi connectivity index (χ2v) is 21.1. The summed E-state index contributed by atoms with van der Waals surface area (Å²) in [4.78, 5) is 11.8. The molecule has 9 aromatic carbocycles. The molecular formula is C62H45N5. The van der Waals surface area contributed by atoms with Gasteiger partial charge in [-0.15, -0.1) is 0 Å². The summed E-state index contributed by atoms with van der Waals surface area (Å²) in [7, 11) is 0. The van der Waals surface area contributed by atoms with Crippen molar-refractivity contribution in [2.45, 2.75) is 52.4 Å². The van der Waals surface area contributed by atoms with Crippen molar-refractivity contribution in [1.29, 1.82) is 0 Å². The average molecular weight is 860 g/mol. The van der Waals surface area contributed by atoms with Crippen LogP contribution in [0.4, 0.5) is 0 Å². The van der Waals surface area contributed by atoms with E-state index in [-0.39, 0.29) is 10.8 Å². The van der Waals surface area contributed by atoms with Gasteiger partial charge in [0.15, 0.2) is 11.3 Å². The number of benzene rings is 9. The van der Waals surface area contributed by atoms with Gasteiger partial charge in [0.25, 0.3) is 0 Å². The van der Waals surface area contributed by atoms with Crippen LogP contribution >= 0.6 is 0 Å². The van der Waals surface area contributed by atoms with Gasteiger partial charge in [-0.25, -0.2) is 9.97 Å². The van der Waals surface area contributed by atoms with E-state index in [2.05, 4.69) is 219 Å². The van der Waals surface area contributed by atoms with Gasteiger partial charge in [-0.05, 0) is 104 Å². The zero-order chi connectivity index (χ0) is 44.8. The Kier molecular flexibility index (Phi) is 6.92. The maximum Gasteiger partial charge on any atom is 0.165 e. The number of aromatic nitrogens is 5. The third-order valence-electron chi connectivity index (χ3n) is 15.1. The average Bonchev–Trinajstić information content (AvgIpc) is 4.12. The van der Waals surface area contributed by atoms with Crippen molar-refractivity contribution in [2.75, 3.05) is 0 Å². The van der Waals surface area contributed by atoms with Crippen LogP contribution in [0.3, 0.4) is 0 Å². The smallest absolute Gasteiger partial charge is 0.165 e. The standard InChI is InChI=1S/C62H45N5/c1-61(2,3)37-30-44(36-25-27-51-45(28-36)42-22-14-15-23-50(42)65(51)39-18-8-7-9-19-39)56-47(31-37)48-32-38(62(4,5)6)33-49-53-59(66(56)57(48)49)64-54-52-40-20-12-11-17-35(40)29-46-43-26-24-34-16-10-13-21-41(34)55(43)67(58(46)52)60(54)63-53/h7-33H,1-6H3. The lowest BCUT2D eigenvalue weighted by atomic mass is 9.83. The first-order valence-electron chi connectivity index (χ1n) is 23.6. The van der Waals surface area contributed by atoms with Crippen LogP contribution in [0.5, 0.6) is 0 Å². The zero-order valence-electron chi connectivity index (χ0n) is 38.3. The minimum absolute atomic E-state index is 0.0991. The summed E-state index contributed by atoms with van der Waals surface area (Å²) < 4.78 is 7.33. The van der Waals surface area contributed by atoms with Gasteiger partial charge in [0, 0.05) is 59.7 Å². The highest BCUT2D eigenvalue weighted by Gasteiger charge is 2.30. The Balaban J connectivity index is 1.14. The molecule has 0 spiro atoms. The van der Waals surface area contributed by atoms with Gasteiger partial charge >= 0.3 is 0 Å². The topological polar surface area (TPSA) is 39.5 Å². The fourth-order valence-corrected chi connectivity index (χ4v) is 11.9. The summed E-state index contributed by atoms with van der Waals surface area (Å²) in [5.74, 6) is 0. The van der Waals surface area contributed by atoms with Crippen molar-refractivity contribution in [3.8, 4) is 16.8 Å². The fraction of sp³-hybridized carbons (Fsp3) is 0.129. The quantitative estimate of drug-likeness (QED) is 0.174. The molecule has 0 fully saturated rings. The van der Waals surface area contributed by atoms with Crippen LogP contribution in [-0.2, 0) is 10.8 Å². The molecule has 0 aliphatic carbocycles. The van der Waals surface area contributed by atoms with E-state index in [9.17, 15) is 0 Å². The molecule has 0 aliphatic heterocycles. The highest BCUT2D eigenvalue weighted by molar-refractivity contribution is 6.33. The number of para-hydroxylation sites is 2. The van der Waals surface area contributed by atoms with Gasteiger partial charge in [-0.3, -0.25) is 8.80 Å². The van der Waals surface area contributed by atoms with E-state index in [0.29, 0.717) is 0 Å². The molecule has 0 aliphatic rings. The molecule has 5 heteroatoms. The zero-order valence-corrected chi connectivity index (χ0v) is 38.3. The van der Waals surface area contributed by atoms with E-state index in [0.717, 1.165) is 38.8 Å². The van der Waals surface area contributed by atoms with Gasteiger partial charge in [-0.2, -0.15) is 0 Å². The molecule has 318 valence electrons. The predicted octanol–water partition coefficient (Wildman–Crippen LogP) is 16.4. The van der Waals surface area contributed by atoms with Crippen molar-refractivity contribution in [3.63, 3.8) is 0 Å². The lowest BCUT2D eigenvalue weighted by Crippen LogP contribution is -2.11. The second kappa shape index (κ2) is 12.4. The van der Waals surface area contributed by atoms with E-state index >= 15 is 0 Å². The maximum atomic E-state index is 5.95. The van der Waals surface area contributed by atoms with Gasteiger partial charge in [0.05, 0.1) is 33.1 Å². The Morgan fingerprint density at radius 2 is 0.955 bits per heavy atom. The summed E-state index contributed by atoms with van der Waals surface area (Å²) in [6, 6.07) is 61.0. The summed E-state index contributed by atoms with van der Waals surface area (Å²) in [6.07, 6.45) is 0. The minimum Gasteiger partial charge on any atom is -0.309 e. The molecule has 0 saturated heterocycles. The van der Waals surface area contributed by atoms with E-state index in [1.54, 1.807) is 0 Å². The van der Waals surface area contributed by atoms with Crippen LogP contribution in [0, 0.1) is 0 Å². The SMILES string of the molecule is CC(C)(C)c1cc(-c2ccc3c(c2)c2ccccc2n3-c2ccccc2)c2c(c1)c1cc(C(C)(C)C)cc3c4nc5c(nc4n2c13)c1c2ccccc2cc2c3ccc4ccccc4c3n5c21. The normalized spacial score (nSPS) is 13.2. The third kappa shape index (κ3) is 4.78. The van der Waals surface area contributed by atoms with Crippen LogP contribution < -0.4 is 0 Å². The van der Waals surface area contributed by atoms with Crippen molar-refractivity contribution in [2.24, 2.45) is 0 Å². The van der Waals surface area contributed by atoms with E-state index in [1.807, 2.05) is 0 Å². The summed E-state index contributed by atoms with van der Waals surface area (Å²) in [5.41, 5.74) is 16.7. The largest absolute Gasteiger partial charge is 0.309 e. The van der Waals surface area contributed by atoms with E-state index in [1.165, 1.54) is 109 Å². The first-order valence-corrected chi connectivity index (χ1v) is 23.6. The molecule has 6 heterocycles. The Labute approximate surface area is 385 Å². The molecule has 0 unspecified atom stereocenters. The molecule has 5 nitrogen and oxygen atoms in total. The number of hydrogen-bond acceptors (Lipinski definition) is 2. The van der Waals surface area contributed by atoms with Crippen molar-refractivity contribution in [3.05, 3.63) is 175 Å². The molecular weight excluding hydrogens is 815 g/mol. The minimum atomic E-state index is -0.106. The number of hydrogen-bond donors (Lipinski definition) is 0. The van der Waals surface area contributed by atoms with Crippen LogP contribution in [0.2, 0.25) is 0 Å². The fourth-order valence-electron chi connectivity index (χ4n) is 11.9. The van der Waals surface area contributed by atoms with Crippen molar-refractivity contribution >= 4 is 120 Å². The molecule has 0 saturated carbocycles. The Morgan fingerprint density at radius 3 is 1.75 bits per heavy atom. The highest BCUT2D eigenvalue weighted by atomic mass is 15.1. The third-order valence-corrected chi connectivity index (χ3v) is 15.1. The number of nitrogens with zero attached hydrogens (tertiary/aromatic N) is 5. The Morgan fingerprint density at radius 1 is 0.373 bits per heavy atom. The van der Waals surface area contributed by atoms with E-state index in [4.69, 9.17) is 9.97 Å². The van der Waals surface area contributed by atoms with Gasteiger partial charge in [0.2, 0.25) is 0 Å². The monoisotopic (exact) mass is 859 g/mol. The molecule has 0 bridgehead atoms. The maximum absolute atomic E-state index is 5.95. The van der Waals surface area contributed by atoms with Crippen LogP contribution in [0.15, 0.2) is 164 Å². The van der Waals surface area contributed by atoms with Crippen molar-refractivity contribution in [1.82, 2.24) is 23.3 Å². The summed E-state index contributed by atoms with van der Waals surface area (Å²) in [6.45, 7) is 14.0. The lowest BCUT2D eigenvalue weighted by Gasteiger charge is -2.21. The molecule has 0 amide bonds. The van der Waals surface area contributed by atoms with Crippen LogP contribution in [0.25, 0.3) is 137 Å². The molecule has 0 N–H and O–H groups in total. The second-order valence-electron chi connectivity index (χ2n) is 21.1. The lowest BCUT2D eigenvalue weighted by molar-refractivity contribution is 0.591. The van der Waals surface area contributed by atoms with E-state index < -0.39 is 0 Å². The molecule has 15 aromatic rings. The molecule has 6 aromatic heterocycles. The number of fused-ring (bicyclic) bond motifs is 19. The highest BCUT2D eigenvalue weighted by Crippen LogP contribution is 2.49. The summed E-state index contributed by atoms with van der Waals surface area (Å²) >= 11 is 0. The van der Waals surface area contributed by atoms with Gasteiger partial charge < -0.3 is 4.57 Å². The van der Waals surface area contributed by atoms with Crippen LogP contribution in [-0.4, -0.2) is 23.3 Å². The Hall–Kier alpha value is -8.02. The van der Waals surface area contributed by atoms with Crippen molar-refractivity contribution < 1.29 is 0 Å². The van der Waals surface area contributed by atoms with Gasteiger partial charge in [-0.1, -0.05) is 145 Å². The Bertz CT molecular complexity index is 4620. The summed E-state index contributed by atoms with van der Waals surface area (Å²) in [5, 5.41) is 14.6. The predicted molar refractivity (Wildman–Crippen MR) is 284 cm³/mol. The molecule has 15 rings (SSSR count). The molecule has 67 heavy (non-hydrogen) atoms.